The first-order valence-corrected chi connectivity index (χ1v) is 11.3. The Hall–Kier alpha value is -1.25. The molecule has 0 amide bonds. The molecule has 0 aliphatic carbocycles. The quantitative estimate of drug-likeness (QED) is 0.407. The van der Waals surface area contributed by atoms with Crippen LogP contribution in [0, 0.1) is 0 Å². The number of nitrogens with zero attached hydrogens (tertiary/aromatic N) is 2. The predicted molar refractivity (Wildman–Crippen MR) is 108 cm³/mol. The Morgan fingerprint density at radius 1 is 1.28 bits per heavy atom. The second-order valence-electron chi connectivity index (χ2n) is 6.63. The largest absolute Gasteiger partial charge is 0.357 e. The van der Waals surface area contributed by atoms with Crippen LogP contribution in [0.15, 0.2) is 34.2 Å². The van der Waals surface area contributed by atoms with E-state index in [0.717, 1.165) is 25.3 Å². The summed E-state index contributed by atoms with van der Waals surface area (Å²) >= 11 is 1.72. The Balaban J connectivity index is 2.82. The summed E-state index contributed by atoms with van der Waals surface area (Å²) in [7, 11) is -1.30. The van der Waals surface area contributed by atoms with Gasteiger partial charge >= 0.3 is 0 Å². The van der Waals surface area contributed by atoms with Crippen molar-refractivity contribution in [3.8, 4) is 0 Å². The van der Waals surface area contributed by atoms with E-state index in [4.69, 9.17) is 0 Å². The first-order valence-electron chi connectivity index (χ1n) is 8.17. The van der Waals surface area contributed by atoms with E-state index in [1.165, 1.54) is 10.5 Å². The van der Waals surface area contributed by atoms with Gasteiger partial charge in [0.2, 0.25) is 10.0 Å². The van der Waals surface area contributed by atoms with Gasteiger partial charge in [-0.3, -0.25) is 4.99 Å². The van der Waals surface area contributed by atoms with Gasteiger partial charge in [0.05, 0.1) is 12.8 Å². The minimum absolute atomic E-state index is 0.345. The van der Waals surface area contributed by atoms with E-state index >= 15 is 0 Å². The highest BCUT2D eigenvalue weighted by molar-refractivity contribution is 7.98. The Bertz CT molecular complexity index is 670. The third-order valence-corrected chi connectivity index (χ3v) is 5.03. The van der Waals surface area contributed by atoms with Gasteiger partial charge in [0, 0.05) is 30.6 Å². The minimum atomic E-state index is -3.27. The van der Waals surface area contributed by atoms with Crippen molar-refractivity contribution in [2.45, 2.75) is 37.8 Å². The molecule has 25 heavy (non-hydrogen) atoms. The highest BCUT2D eigenvalue weighted by atomic mass is 32.2. The van der Waals surface area contributed by atoms with E-state index < -0.39 is 15.6 Å². The lowest BCUT2D eigenvalue weighted by Gasteiger charge is -2.26. The van der Waals surface area contributed by atoms with Crippen LogP contribution in [0.5, 0.6) is 0 Å². The molecule has 0 fully saturated rings. The standard InChI is InChI=1S/C17H30N4O2S2/c1-7-18-16(19-13-17(2,3)20-25(6,22)23)21(4)12-14-8-10-15(24-5)11-9-14/h8-11,20H,7,12-13H2,1-6H3,(H,18,19). The van der Waals surface area contributed by atoms with Gasteiger partial charge in [-0.15, -0.1) is 11.8 Å². The average molecular weight is 387 g/mol. The average Bonchev–Trinajstić information content (AvgIpc) is 2.49. The molecular weight excluding hydrogens is 356 g/mol. The van der Waals surface area contributed by atoms with Gasteiger partial charge in [-0.1, -0.05) is 12.1 Å². The molecule has 142 valence electrons. The molecule has 0 aliphatic heterocycles. The minimum Gasteiger partial charge on any atom is -0.357 e. The van der Waals surface area contributed by atoms with Gasteiger partial charge in [0.1, 0.15) is 0 Å². The van der Waals surface area contributed by atoms with Crippen LogP contribution in [0.25, 0.3) is 0 Å². The molecule has 6 nitrogen and oxygen atoms in total. The van der Waals surface area contributed by atoms with Gasteiger partial charge in [0.15, 0.2) is 5.96 Å². The van der Waals surface area contributed by atoms with Crippen LogP contribution >= 0.6 is 11.8 Å². The van der Waals surface area contributed by atoms with Gasteiger partial charge in [-0.25, -0.2) is 13.1 Å². The third-order valence-electron chi connectivity index (χ3n) is 3.36. The van der Waals surface area contributed by atoms with E-state index in [2.05, 4.69) is 45.6 Å². The second-order valence-corrected chi connectivity index (χ2v) is 9.26. The number of thioether (sulfide) groups is 1. The van der Waals surface area contributed by atoms with E-state index in [0.29, 0.717) is 6.54 Å². The van der Waals surface area contributed by atoms with Crippen molar-refractivity contribution >= 4 is 27.7 Å². The van der Waals surface area contributed by atoms with Crippen LogP contribution in [0.1, 0.15) is 26.3 Å². The molecule has 0 heterocycles. The van der Waals surface area contributed by atoms with Crippen molar-refractivity contribution in [3.63, 3.8) is 0 Å². The molecule has 0 radical (unpaired) electrons. The lowest BCUT2D eigenvalue weighted by atomic mass is 10.1. The number of nitrogens with one attached hydrogen (secondary N) is 2. The Morgan fingerprint density at radius 3 is 2.36 bits per heavy atom. The zero-order chi connectivity index (χ0) is 19.1. The molecule has 0 unspecified atom stereocenters. The fourth-order valence-corrected chi connectivity index (χ4v) is 3.83. The van der Waals surface area contributed by atoms with Crippen LogP contribution in [0.3, 0.4) is 0 Å². The SMILES string of the molecule is CCNC(=NCC(C)(C)NS(C)(=O)=O)N(C)Cc1ccc(SC)cc1. The number of rotatable bonds is 8. The van der Waals surface area contributed by atoms with Gasteiger partial charge < -0.3 is 10.2 Å². The Labute approximate surface area is 156 Å². The lowest BCUT2D eigenvalue weighted by molar-refractivity contribution is 0.446. The van der Waals surface area contributed by atoms with E-state index in [9.17, 15) is 8.42 Å². The number of benzene rings is 1. The van der Waals surface area contributed by atoms with Crippen molar-refractivity contribution in [1.82, 2.24) is 14.9 Å². The monoisotopic (exact) mass is 386 g/mol. The summed E-state index contributed by atoms with van der Waals surface area (Å²) in [4.78, 5) is 7.87. The molecule has 0 aliphatic rings. The summed E-state index contributed by atoms with van der Waals surface area (Å²) < 4.78 is 25.5. The lowest BCUT2D eigenvalue weighted by Crippen LogP contribution is -2.46. The topological polar surface area (TPSA) is 73.8 Å². The first kappa shape index (κ1) is 21.8. The van der Waals surface area contributed by atoms with Gasteiger partial charge in [-0.2, -0.15) is 0 Å². The van der Waals surface area contributed by atoms with Gasteiger partial charge in [0.25, 0.3) is 0 Å². The Morgan fingerprint density at radius 2 is 1.88 bits per heavy atom. The first-order chi connectivity index (χ1) is 11.6. The van der Waals surface area contributed by atoms with Crippen LogP contribution in [0.2, 0.25) is 0 Å². The van der Waals surface area contributed by atoms with Crippen LogP contribution in [0.4, 0.5) is 0 Å². The molecule has 0 atom stereocenters. The third kappa shape index (κ3) is 8.60. The molecule has 2 N–H and O–H groups in total. The van der Waals surface area contributed by atoms with E-state index in [-0.39, 0.29) is 0 Å². The number of aliphatic imine (C=N–C) groups is 1. The molecular formula is C17H30N4O2S2. The number of sulfonamides is 1. The Kier molecular flexibility index (Phi) is 8.24. The van der Waals surface area contributed by atoms with Crippen LogP contribution in [-0.4, -0.2) is 57.5 Å². The molecule has 1 aromatic rings. The molecule has 0 saturated heterocycles. The maximum Gasteiger partial charge on any atom is 0.209 e. The zero-order valence-electron chi connectivity index (χ0n) is 16.0. The summed E-state index contributed by atoms with van der Waals surface area (Å²) in [5.41, 5.74) is 0.550. The molecule has 1 rings (SSSR count). The molecule has 8 heteroatoms. The summed E-state index contributed by atoms with van der Waals surface area (Å²) in [5, 5.41) is 3.26. The molecule has 0 spiro atoms. The van der Waals surface area contributed by atoms with Crippen molar-refractivity contribution in [3.05, 3.63) is 29.8 Å². The maximum atomic E-state index is 11.5. The summed E-state index contributed by atoms with van der Waals surface area (Å²) in [5.74, 6) is 0.750. The maximum absolute atomic E-state index is 11.5. The number of hydrogen-bond acceptors (Lipinski definition) is 4. The highest BCUT2D eigenvalue weighted by Crippen LogP contribution is 2.15. The molecule has 0 bridgehead atoms. The van der Waals surface area contributed by atoms with Crippen LogP contribution in [-0.2, 0) is 16.6 Å². The number of hydrogen-bond donors (Lipinski definition) is 2. The van der Waals surface area contributed by atoms with E-state index in [1.807, 2.05) is 32.7 Å². The normalized spacial score (nSPS) is 13.0. The highest BCUT2D eigenvalue weighted by Gasteiger charge is 2.22. The van der Waals surface area contributed by atoms with Crippen molar-refractivity contribution in [2.75, 3.05) is 32.6 Å². The molecule has 0 aromatic heterocycles. The second kappa shape index (κ2) is 9.45. The fourth-order valence-electron chi connectivity index (χ4n) is 2.36. The zero-order valence-corrected chi connectivity index (χ0v) is 17.6. The summed E-state index contributed by atoms with van der Waals surface area (Å²) in [6.45, 7) is 7.47. The van der Waals surface area contributed by atoms with Crippen molar-refractivity contribution in [1.29, 1.82) is 0 Å². The van der Waals surface area contributed by atoms with E-state index in [1.54, 1.807) is 11.8 Å². The molecule has 0 saturated carbocycles. The van der Waals surface area contributed by atoms with Crippen molar-refractivity contribution < 1.29 is 8.42 Å². The van der Waals surface area contributed by atoms with Crippen LogP contribution < -0.4 is 10.0 Å². The van der Waals surface area contributed by atoms with Crippen molar-refractivity contribution in [2.24, 2.45) is 4.99 Å². The fraction of sp³-hybridized carbons (Fsp3) is 0.588. The van der Waals surface area contributed by atoms with Gasteiger partial charge in [-0.05, 0) is 44.7 Å². The summed E-state index contributed by atoms with van der Waals surface area (Å²) in [6.07, 6.45) is 3.22. The summed E-state index contributed by atoms with van der Waals surface area (Å²) in [6, 6.07) is 8.44. The predicted octanol–water partition coefficient (Wildman–Crippen LogP) is 2.13. The smallest absolute Gasteiger partial charge is 0.209 e. The molecule has 1 aromatic carbocycles. The number of guanidine groups is 1.